The van der Waals surface area contributed by atoms with Crippen LogP contribution in [0.5, 0.6) is 0 Å². The van der Waals surface area contributed by atoms with Crippen molar-refractivity contribution in [3.05, 3.63) is 94.3 Å². The van der Waals surface area contributed by atoms with Crippen molar-refractivity contribution in [1.82, 2.24) is 35.3 Å². The van der Waals surface area contributed by atoms with Crippen molar-refractivity contribution < 1.29 is 9.18 Å². The standard InChI is InChI=1S/C24H20ClFN8O/c1-13-17(12-28-33-13)22(14-5-6-18(25)19(26)9-14)32-23(35)15-3-4-16-11-27-24(30-20(16)10-15)31-21-7-8-29-34(21)2/h3-12,22H,1-2H3,(H,28,33)(H,32,35)(H,27,30,31)/t22-/m0/s1. The van der Waals surface area contributed by atoms with Crippen molar-refractivity contribution in [2.45, 2.75) is 13.0 Å². The van der Waals surface area contributed by atoms with Gasteiger partial charge in [-0.05, 0) is 36.8 Å². The van der Waals surface area contributed by atoms with E-state index in [9.17, 15) is 9.18 Å². The van der Waals surface area contributed by atoms with E-state index >= 15 is 0 Å². The Bertz CT molecular complexity index is 1550. The summed E-state index contributed by atoms with van der Waals surface area (Å²) in [4.78, 5) is 22.1. The second kappa shape index (κ2) is 9.15. The number of halogens is 2. The van der Waals surface area contributed by atoms with E-state index in [1.165, 1.54) is 12.1 Å². The molecule has 0 saturated carbocycles. The summed E-state index contributed by atoms with van der Waals surface area (Å²) in [7, 11) is 1.80. The zero-order valence-electron chi connectivity index (χ0n) is 18.8. The van der Waals surface area contributed by atoms with Crippen molar-refractivity contribution in [3.63, 3.8) is 0 Å². The van der Waals surface area contributed by atoms with E-state index in [0.29, 0.717) is 33.8 Å². The summed E-state index contributed by atoms with van der Waals surface area (Å²) >= 11 is 5.86. The number of aromatic nitrogens is 6. The lowest BCUT2D eigenvalue weighted by Crippen LogP contribution is -2.29. The molecule has 0 unspecified atom stereocenters. The van der Waals surface area contributed by atoms with Gasteiger partial charge < -0.3 is 10.6 Å². The van der Waals surface area contributed by atoms with Gasteiger partial charge in [-0.15, -0.1) is 0 Å². The second-order valence-electron chi connectivity index (χ2n) is 7.94. The first kappa shape index (κ1) is 22.5. The maximum atomic E-state index is 14.2. The number of aryl methyl sites for hydroxylation is 2. The quantitative estimate of drug-likeness (QED) is 0.324. The summed E-state index contributed by atoms with van der Waals surface area (Å²) in [6, 6.07) is 10.8. The van der Waals surface area contributed by atoms with E-state index in [0.717, 1.165) is 11.2 Å². The maximum absolute atomic E-state index is 14.2. The van der Waals surface area contributed by atoms with E-state index in [1.807, 2.05) is 0 Å². The fourth-order valence-corrected chi connectivity index (χ4v) is 3.86. The highest BCUT2D eigenvalue weighted by Gasteiger charge is 2.22. The summed E-state index contributed by atoms with van der Waals surface area (Å²) in [6.45, 7) is 1.81. The van der Waals surface area contributed by atoms with Gasteiger partial charge in [0, 0.05) is 42.0 Å². The van der Waals surface area contributed by atoms with Crippen LogP contribution in [0, 0.1) is 12.7 Å². The van der Waals surface area contributed by atoms with Gasteiger partial charge in [-0.25, -0.2) is 14.4 Å². The third-order valence-corrected chi connectivity index (χ3v) is 5.95. The van der Waals surface area contributed by atoms with Gasteiger partial charge >= 0.3 is 0 Å². The Kier molecular flexibility index (Phi) is 5.87. The van der Waals surface area contributed by atoms with E-state index in [2.05, 4.69) is 35.9 Å². The number of carbonyl (C=O) groups excluding carboxylic acids is 1. The van der Waals surface area contributed by atoms with Gasteiger partial charge in [0.2, 0.25) is 5.95 Å². The van der Waals surface area contributed by atoms with Gasteiger partial charge in [0.25, 0.3) is 5.91 Å². The molecule has 0 saturated heterocycles. The van der Waals surface area contributed by atoms with Gasteiger partial charge in [-0.1, -0.05) is 23.7 Å². The normalized spacial score (nSPS) is 12.0. The molecule has 35 heavy (non-hydrogen) atoms. The van der Waals surface area contributed by atoms with Gasteiger partial charge in [-0.3, -0.25) is 14.6 Å². The zero-order valence-corrected chi connectivity index (χ0v) is 19.5. The molecule has 3 heterocycles. The van der Waals surface area contributed by atoms with Crippen LogP contribution in [0.15, 0.2) is 61.1 Å². The number of nitrogens with zero attached hydrogens (tertiary/aromatic N) is 5. The smallest absolute Gasteiger partial charge is 0.252 e. The molecule has 1 atom stereocenters. The molecule has 0 spiro atoms. The van der Waals surface area contributed by atoms with Crippen LogP contribution in [0.4, 0.5) is 16.2 Å². The molecule has 0 aliphatic carbocycles. The first-order chi connectivity index (χ1) is 16.9. The minimum Gasteiger partial charge on any atom is -0.341 e. The van der Waals surface area contributed by atoms with Crippen molar-refractivity contribution in [2.24, 2.45) is 7.05 Å². The predicted octanol–water partition coefficient (Wildman–Crippen LogP) is 4.45. The number of H-pyrrole nitrogens is 1. The highest BCUT2D eigenvalue weighted by Crippen LogP contribution is 2.27. The molecule has 0 fully saturated rings. The molecule has 5 rings (SSSR count). The Morgan fingerprint density at radius 3 is 2.77 bits per heavy atom. The number of benzene rings is 2. The highest BCUT2D eigenvalue weighted by atomic mass is 35.5. The summed E-state index contributed by atoms with van der Waals surface area (Å²) in [6.07, 6.45) is 5.02. The number of aromatic amines is 1. The number of hydrogen-bond donors (Lipinski definition) is 3. The molecule has 176 valence electrons. The van der Waals surface area contributed by atoms with E-state index < -0.39 is 11.9 Å². The van der Waals surface area contributed by atoms with Crippen molar-refractivity contribution in [2.75, 3.05) is 5.32 Å². The Morgan fingerprint density at radius 1 is 1.20 bits per heavy atom. The summed E-state index contributed by atoms with van der Waals surface area (Å²) < 4.78 is 15.9. The lowest BCUT2D eigenvalue weighted by atomic mass is 9.98. The summed E-state index contributed by atoms with van der Waals surface area (Å²) in [5.74, 6) is 0.182. The van der Waals surface area contributed by atoms with Gasteiger partial charge in [0.05, 0.1) is 28.5 Å². The predicted molar refractivity (Wildman–Crippen MR) is 130 cm³/mol. The Labute approximate surface area is 204 Å². The van der Waals surface area contributed by atoms with Gasteiger partial charge in [-0.2, -0.15) is 10.2 Å². The fraction of sp³-hybridized carbons (Fsp3) is 0.125. The first-order valence-corrected chi connectivity index (χ1v) is 11.0. The summed E-state index contributed by atoms with van der Waals surface area (Å²) in [5.41, 5.74) is 2.92. The molecule has 0 aliphatic heterocycles. The van der Waals surface area contributed by atoms with Crippen LogP contribution in [0.2, 0.25) is 5.02 Å². The molecule has 0 radical (unpaired) electrons. The van der Waals surface area contributed by atoms with E-state index in [1.54, 1.807) is 67.6 Å². The molecule has 11 heteroatoms. The van der Waals surface area contributed by atoms with Crippen molar-refractivity contribution in [1.29, 1.82) is 0 Å². The zero-order chi connectivity index (χ0) is 24.5. The number of rotatable bonds is 6. The monoisotopic (exact) mass is 490 g/mol. The van der Waals surface area contributed by atoms with Crippen LogP contribution < -0.4 is 10.6 Å². The molecule has 3 aromatic heterocycles. The number of hydrogen-bond acceptors (Lipinski definition) is 6. The number of fused-ring (bicyclic) bond motifs is 1. The summed E-state index contributed by atoms with van der Waals surface area (Å²) in [5, 5.41) is 17.9. The lowest BCUT2D eigenvalue weighted by molar-refractivity contribution is 0.0943. The molecule has 3 N–H and O–H groups in total. The van der Waals surface area contributed by atoms with Crippen LogP contribution in [0.25, 0.3) is 10.9 Å². The van der Waals surface area contributed by atoms with Crippen LogP contribution in [0.1, 0.15) is 33.2 Å². The molecule has 9 nitrogen and oxygen atoms in total. The average Bonchev–Trinajstić information content (AvgIpc) is 3.46. The topological polar surface area (TPSA) is 113 Å². The Morgan fingerprint density at radius 2 is 2.06 bits per heavy atom. The largest absolute Gasteiger partial charge is 0.341 e. The SMILES string of the molecule is Cc1n[nH]cc1[C@@H](NC(=O)c1ccc2cnc(Nc3ccnn3C)nc2c1)c1ccc(Cl)c(F)c1. The van der Waals surface area contributed by atoms with Crippen LogP contribution in [0.3, 0.4) is 0 Å². The Balaban J connectivity index is 1.45. The third kappa shape index (κ3) is 4.56. The Hall–Kier alpha value is -4.31. The minimum atomic E-state index is -0.642. The highest BCUT2D eigenvalue weighted by molar-refractivity contribution is 6.30. The minimum absolute atomic E-state index is 0.00694. The van der Waals surface area contributed by atoms with Crippen LogP contribution in [-0.2, 0) is 7.05 Å². The number of anilines is 2. The lowest BCUT2D eigenvalue weighted by Gasteiger charge is -2.19. The molecule has 2 aromatic carbocycles. The maximum Gasteiger partial charge on any atom is 0.252 e. The third-order valence-electron chi connectivity index (χ3n) is 5.64. The van der Waals surface area contributed by atoms with Crippen molar-refractivity contribution >= 4 is 40.2 Å². The second-order valence-corrected chi connectivity index (χ2v) is 8.35. The molecular weight excluding hydrogens is 471 g/mol. The first-order valence-electron chi connectivity index (χ1n) is 10.7. The van der Waals surface area contributed by atoms with E-state index in [-0.39, 0.29) is 10.9 Å². The van der Waals surface area contributed by atoms with Crippen LogP contribution in [-0.4, -0.2) is 35.9 Å². The average molecular weight is 491 g/mol. The molecule has 0 bridgehead atoms. The number of nitrogens with one attached hydrogen (secondary N) is 3. The number of amides is 1. The van der Waals surface area contributed by atoms with Gasteiger partial charge in [0.1, 0.15) is 11.6 Å². The van der Waals surface area contributed by atoms with Crippen LogP contribution >= 0.6 is 11.6 Å². The molecular formula is C24H20ClFN8O. The van der Waals surface area contributed by atoms with Crippen molar-refractivity contribution in [3.8, 4) is 0 Å². The molecule has 5 aromatic rings. The molecule has 1 amide bonds. The fourth-order valence-electron chi connectivity index (χ4n) is 3.74. The molecule has 0 aliphatic rings. The van der Waals surface area contributed by atoms with Gasteiger partial charge in [0.15, 0.2) is 0 Å². The number of carbonyl (C=O) groups is 1. The van der Waals surface area contributed by atoms with E-state index in [4.69, 9.17) is 11.6 Å².